The summed E-state index contributed by atoms with van der Waals surface area (Å²) in [7, 11) is 0. The highest BCUT2D eigenvalue weighted by molar-refractivity contribution is 7.10. The molecule has 1 amide bonds. The highest BCUT2D eigenvalue weighted by Crippen LogP contribution is 2.35. The SMILES string of the molecule is C[C@@H]1Cc2ccsc2[C@H](C)N1CCNC(=O)c1ccccc1. The zero-order valence-electron chi connectivity index (χ0n) is 13.1. The summed E-state index contributed by atoms with van der Waals surface area (Å²) in [5, 5.41) is 5.22. The smallest absolute Gasteiger partial charge is 0.251 e. The summed E-state index contributed by atoms with van der Waals surface area (Å²) < 4.78 is 0. The van der Waals surface area contributed by atoms with Gasteiger partial charge < -0.3 is 5.32 Å². The Morgan fingerprint density at radius 3 is 2.82 bits per heavy atom. The molecule has 0 spiro atoms. The van der Waals surface area contributed by atoms with Crippen LogP contribution in [0.3, 0.4) is 0 Å². The van der Waals surface area contributed by atoms with E-state index in [9.17, 15) is 4.79 Å². The Morgan fingerprint density at radius 1 is 1.27 bits per heavy atom. The maximum Gasteiger partial charge on any atom is 0.251 e. The number of thiophene rings is 1. The number of carbonyl (C=O) groups is 1. The van der Waals surface area contributed by atoms with Gasteiger partial charge in [-0.3, -0.25) is 9.69 Å². The standard InChI is InChI=1S/C18H22N2OS/c1-13-12-16-8-11-22-17(16)14(2)20(13)10-9-19-18(21)15-6-4-3-5-7-15/h3-8,11,13-14H,9-10,12H2,1-2H3,(H,19,21)/t13-,14+/m1/s1. The monoisotopic (exact) mass is 314 g/mol. The van der Waals surface area contributed by atoms with Gasteiger partial charge in [-0.2, -0.15) is 0 Å². The quantitative estimate of drug-likeness (QED) is 0.937. The molecule has 4 heteroatoms. The fourth-order valence-corrected chi connectivity index (χ4v) is 4.27. The van der Waals surface area contributed by atoms with Gasteiger partial charge in [-0.1, -0.05) is 18.2 Å². The van der Waals surface area contributed by atoms with Gasteiger partial charge in [-0.05, 0) is 49.4 Å². The van der Waals surface area contributed by atoms with E-state index in [1.165, 1.54) is 10.4 Å². The van der Waals surface area contributed by atoms with Gasteiger partial charge in [0.1, 0.15) is 0 Å². The molecule has 0 saturated carbocycles. The van der Waals surface area contributed by atoms with E-state index >= 15 is 0 Å². The summed E-state index contributed by atoms with van der Waals surface area (Å²) in [5.74, 6) is 0.00901. The second-order valence-corrected chi connectivity index (χ2v) is 6.85. The van der Waals surface area contributed by atoms with Crippen LogP contribution in [0.2, 0.25) is 0 Å². The van der Waals surface area contributed by atoms with Crippen LogP contribution in [-0.2, 0) is 6.42 Å². The molecular weight excluding hydrogens is 292 g/mol. The van der Waals surface area contributed by atoms with Gasteiger partial charge in [0.15, 0.2) is 0 Å². The molecule has 1 aliphatic heterocycles. The van der Waals surface area contributed by atoms with Crippen molar-refractivity contribution in [1.82, 2.24) is 10.2 Å². The Kier molecular flexibility index (Phi) is 4.60. The minimum absolute atomic E-state index is 0.00901. The maximum atomic E-state index is 12.1. The van der Waals surface area contributed by atoms with Crippen molar-refractivity contribution >= 4 is 17.2 Å². The molecule has 1 aromatic heterocycles. The molecule has 22 heavy (non-hydrogen) atoms. The van der Waals surface area contributed by atoms with Crippen molar-refractivity contribution < 1.29 is 4.79 Å². The molecular formula is C18H22N2OS. The number of carbonyl (C=O) groups excluding carboxylic acids is 1. The topological polar surface area (TPSA) is 32.3 Å². The molecule has 2 heterocycles. The third-order valence-corrected chi connectivity index (χ3v) is 5.56. The van der Waals surface area contributed by atoms with Crippen LogP contribution in [0, 0.1) is 0 Å². The van der Waals surface area contributed by atoms with Crippen molar-refractivity contribution in [3.8, 4) is 0 Å². The van der Waals surface area contributed by atoms with Gasteiger partial charge in [-0.25, -0.2) is 0 Å². The lowest BCUT2D eigenvalue weighted by atomic mass is 9.97. The van der Waals surface area contributed by atoms with Gasteiger partial charge in [0.2, 0.25) is 0 Å². The molecule has 0 saturated heterocycles. The molecule has 0 fully saturated rings. The van der Waals surface area contributed by atoms with E-state index in [2.05, 4.69) is 35.5 Å². The average molecular weight is 314 g/mol. The Hall–Kier alpha value is -1.65. The van der Waals surface area contributed by atoms with Crippen molar-refractivity contribution in [2.24, 2.45) is 0 Å². The van der Waals surface area contributed by atoms with Gasteiger partial charge in [-0.15, -0.1) is 11.3 Å². The second-order valence-electron chi connectivity index (χ2n) is 5.90. The molecule has 1 N–H and O–H groups in total. The second kappa shape index (κ2) is 6.63. The molecule has 0 radical (unpaired) electrons. The molecule has 116 valence electrons. The number of amides is 1. The van der Waals surface area contributed by atoms with E-state index in [4.69, 9.17) is 0 Å². The van der Waals surface area contributed by atoms with Crippen LogP contribution < -0.4 is 5.32 Å². The van der Waals surface area contributed by atoms with Crippen LogP contribution in [-0.4, -0.2) is 29.9 Å². The summed E-state index contributed by atoms with van der Waals surface area (Å²) in [4.78, 5) is 16.0. The fourth-order valence-electron chi connectivity index (χ4n) is 3.25. The summed E-state index contributed by atoms with van der Waals surface area (Å²) >= 11 is 1.85. The molecule has 3 rings (SSSR count). The van der Waals surface area contributed by atoms with Crippen molar-refractivity contribution in [3.63, 3.8) is 0 Å². The highest BCUT2D eigenvalue weighted by Gasteiger charge is 2.29. The summed E-state index contributed by atoms with van der Waals surface area (Å²) in [6.45, 7) is 6.11. The molecule has 0 unspecified atom stereocenters. The van der Waals surface area contributed by atoms with Gasteiger partial charge >= 0.3 is 0 Å². The van der Waals surface area contributed by atoms with E-state index in [1.54, 1.807) is 0 Å². The number of hydrogen-bond acceptors (Lipinski definition) is 3. The van der Waals surface area contributed by atoms with Crippen molar-refractivity contribution in [2.45, 2.75) is 32.4 Å². The van der Waals surface area contributed by atoms with Crippen LogP contribution in [0.1, 0.15) is 40.7 Å². The highest BCUT2D eigenvalue weighted by atomic mass is 32.1. The van der Waals surface area contributed by atoms with E-state index in [0.717, 1.165) is 18.5 Å². The van der Waals surface area contributed by atoms with Crippen LogP contribution in [0.25, 0.3) is 0 Å². The van der Waals surface area contributed by atoms with E-state index < -0.39 is 0 Å². The largest absolute Gasteiger partial charge is 0.351 e. The maximum absolute atomic E-state index is 12.1. The molecule has 1 aliphatic rings. The van der Waals surface area contributed by atoms with Crippen LogP contribution in [0.5, 0.6) is 0 Å². The Balaban J connectivity index is 1.57. The number of benzene rings is 1. The lowest BCUT2D eigenvalue weighted by Crippen LogP contribution is -2.44. The van der Waals surface area contributed by atoms with Crippen molar-refractivity contribution in [1.29, 1.82) is 0 Å². The van der Waals surface area contributed by atoms with Crippen LogP contribution in [0.15, 0.2) is 41.8 Å². The first kappa shape index (κ1) is 15.3. The predicted octanol–water partition coefficient (Wildman–Crippen LogP) is 3.49. The minimum atomic E-state index is 0.00901. The lowest BCUT2D eigenvalue weighted by molar-refractivity contribution is 0.0930. The number of nitrogens with zero attached hydrogens (tertiary/aromatic N) is 1. The summed E-state index contributed by atoms with van der Waals surface area (Å²) in [5.41, 5.74) is 2.22. The number of nitrogens with one attached hydrogen (secondary N) is 1. The third-order valence-electron chi connectivity index (χ3n) is 4.43. The molecule has 2 aromatic rings. The Bertz CT molecular complexity index is 638. The van der Waals surface area contributed by atoms with Crippen LogP contribution >= 0.6 is 11.3 Å². The van der Waals surface area contributed by atoms with Crippen molar-refractivity contribution in [3.05, 3.63) is 57.8 Å². The first-order valence-electron chi connectivity index (χ1n) is 7.82. The summed E-state index contributed by atoms with van der Waals surface area (Å²) in [6.07, 6.45) is 1.11. The van der Waals surface area contributed by atoms with Gasteiger partial charge in [0.05, 0.1) is 0 Å². The fraction of sp³-hybridized carbons (Fsp3) is 0.389. The predicted molar refractivity (Wildman–Crippen MR) is 91.4 cm³/mol. The average Bonchev–Trinajstić information content (AvgIpc) is 2.99. The Labute approximate surface area is 136 Å². The normalized spacial score (nSPS) is 21.4. The zero-order valence-corrected chi connectivity index (χ0v) is 13.9. The lowest BCUT2D eigenvalue weighted by Gasteiger charge is -2.38. The Morgan fingerprint density at radius 2 is 2.05 bits per heavy atom. The number of fused-ring (bicyclic) bond motifs is 1. The molecule has 0 bridgehead atoms. The first-order chi connectivity index (χ1) is 10.7. The zero-order chi connectivity index (χ0) is 15.5. The molecule has 3 nitrogen and oxygen atoms in total. The summed E-state index contributed by atoms with van der Waals surface area (Å²) in [6, 6.07) is 12.6. The molecule has 2 atom stereocenters. The van der Waals surface area contributed by atoms with Gasteiger partial charge in [0.25, 0.3) is 5.91 Å². The van der Waals surface area contributed by atoms with E-state index in [0.29, 0.717) is 18.6 Å². The number of hydrogen-bond donors (Lipinski definition) is 1. The van der Waals surface area contributed by atoms with Gasteiger partial charge in [0, 0.05) is 35.6 Å². The first-order valence-corrected chi connectivity index (χ1v) is 8.70. The van der Waals surface area contributed by atoms with E-state index in [-0.39, 0.29) is 5.91 Å². The molecule has 1 aromatic carbocycles. The molecule has 0 aliphatic carbocycles. The van der Waals surface area contributed by atoms with E-state index in [1.807, 2.05) is 41.7 Å². The van der Waals surface area contributed by atoms with Crippen molar-refractivity contribution in [2.75, 3.05) is 13.1 Å². The number of rotatable bonds is 4. The third kappa shape index (κ3) is 3.08. The minimum Gasteiger partial charge on any atom is -0.351 e. The van der Waals surface area contributed by atoms with Crippen LogP contribution in [0.4, 0.5) is 0 Å².